The number of terminal acetylenes is 1. The third-order valence-corrected chi connectivity index (χ3v) is 4.98. The average molecular weight is 404 g/mol. The van der Waals surface area contributed by atoms with E-state index in [1.165, 1.54) is 18.2 Å². The number of carbonyl (C=O) groups is 2. The highest BCUT2D eigenvalue weighted by atomic mass is 16.4. The molecule has 1 aromatic heterocycles. The van der Waals surface area contributed by atoms with E-state index in [-0.39, 0.29) is 17.2 Å². The summed E-state index contributed by atoms with van der Waals surface area (Å²) in [4.78, 5) is 28.6. The van der Waals surface area contributed by atoms with E-state index in [1.807, 2.05) is 29.7 Å². The van der Waals surface area contributed by atoms with Crippen LogP contribution in [0.3, 0.4) is 0 Å². The van der Waals surface area contributed by atoms with Crippen molar-refractivity contribution in [3.8, 4) is 12.3 Å². The Morgan fingerprint density at radius 3 is 2.67 bits per heavy atom. The Bertz CT molecular complexity index is 1130. The van der Waals surface area contributed by atoms with Gasteiger partial charge in [-0.25, -0.2) is 9.78 Å². The van der Waals surface area contributed by atoms with Gasteiger partial charge in [0, 0.05) is 11.6 Å². The van der Waals surface area contributed by atoms with Crippen LogP contribution in [0.1, 0.15) is 58.5 Å². The second-order valence-corrected chi connectivity index (χ2v) is 7.10. The molecule has 30 heavy (non-hydrogen) atoms. The molecule has 0 aliphatic carbocycles. The van der Waals surface area contributed by atoms with Crippen LogP contribution in [0.5, 0.6) is 0 Å². The number of rotatable bonds is 8. The first-order valence-corrected chi connectivity index (χ1v) is 9.78. The standard InChI is InChI=1S/C23H24N4O3/c1-3-16-9-7-12-19-20(16)27(15(2)8-4-5-13-24)23(25-19)26-21(28)17-10-6-11-18(14-17)22(29)30/h1,6-7,9-12,14-15H,4-5,8,13,24H2,2H3,(H,29,30)(H,25,26,28)/t15-/m0/s1. The summed E-state index contributed by atoms with van der Waals surface area (Å²) in [5, 5.41) is 12.0. The number of nitrogens with one attached hydrogen (secondary N) is 1. The molecule has 1 amide bonds. The number of carboxylic acids is 1. The van der Waals surface area contributed by atoms with Gasteiger partial charge in [0.2, 0.25) is 5.95 Å². The first-order chi connectivity index (χ1) is 14.5. The van der Waals surface area contributed by atoms with Crippen molar-refractivity contribution >= 4 is 28.9 Å². The molecule has 7 heteroatoms. The molecule has 1 atom stereocenters. The Labute approximate surface area is 174 Å². The van der Waals surface area contributed by atoms with Crippen molar-refractivity contribution in [3.05, 3.63) is 59.2 Å². The van der Waals surface area contributed by atoms with Gasteiger partial charge in [-0.15, -0.1) is 6.42 Å². The third-order valence-electron chi connectivity index (χ3n) is 4.98. The number of unbranched alkanes of at least 4 members (excludes halogenated alkanes) is 1. The second-order valence-electron chi connectivity index (χ2n) is 7.10. The fourth-order valence-corrected chi connectivity index (χ4v) is 3.46. The second kappa shape index (κ2) is 9.25. The van der Waals surface area contributed by atoms with Crippen LogP contribution in [-0.4, -0.2) is 33.1 Å². The molecular weight excluding hydrogens is 380 g/mol. The summed E-state index contributed by atoms with van der Waals surface area (Å²) in [6.07, 6.45) is 8.39. The highest BCUT2D eigenvalue weighted by molar-refractivity contribution is 6.05. The summed E-state index contributed by atoms with van der Waals surface area (Å²) < 4.78 is 1.94. The van der Waals surface area contributed by atoms with Crippen LogP contribution in [0.15, 0.2) is 42.5 Å². The number of carboxylic acid groups (broad SMARTS) is 1. The Morgan fingerprint density at radius 2 is 1.97 bits per heavy atom. The predicted molar refractivity (Wildman–Crippen MR) is 117 cm³/mol. The molecule has 0 radical (unpaired) electrons. The minimum Gasteiger partial charge on any atom is -0.478 e. The van der Waals surface area contributed by atoms with E-state index in [9.17, 15) is 14.7 Å². The number of hydrogen-bond acceptors (Lipinski definition) is 4. The van der Waals surface area contributed by atoms with Crippen molar-refractivity contribution in [1.29, 1.82) is 0 Å². The van der Waals surface area contributed by atoms with Crippen molar-refractivity contribution in [3.63, 3.8) is 0 Å². The highest BCUT2D eigenvalue weighted by Crippen LogP contribution is 2.29. The number of anilines is 1. The minimum atomic E-state index is -1.09. The van der Waals surface area contributed by atoms with Gasteiger partial charge in [-0.2, -0.15) is 0 Å². The topological polar surface area (TPSA) is 110 Å². The summed E-state index contributed by atoms with van der Waals surface area (Å²) in [6, 6.07) is 11.4. The van der Waals surface area contributed by atoms with Crippen LogP contribution in [0.25, 0.3) is 11.0 Å². The molecule has 0 saturated carbocycles. The van der Waals surface area contributed by atoms with Crippen LogP contribution in [0, 0.1) is 12.3 Å². The van der Waals surface area contributed by atoms with E-state index in [2.05, 4.69) is 16.2 Å². The van der Waals surface area contributed by atoms with Gasteiger partial charge in [0.25, 0.3) is 5.91 Å². The maximum atomic E-state index is 12.8. The first-order valence-electron chi connectivity index (χ1n) is 9.78. The minimum absolute atomic E-state index is 0.0247. The number of hydrogen-bond donors (Lipinski definition) is 3. The molecule has 3 aromatic rings. The molecule has 0 aliphatic rings. The number of aromatic carboxylic acids is 1. The van der Waals surface area contributed by atoms with Crippen molar-refractivity contribution in [2.75, 3.05) is 11.9 Å². The molecule has 4 N–H and O–H groups in total. The lowest BCUT2D eigenvalue weighted by Crippen LogP contribution is -2.18. The van der Waals surface area contributed by atoms with Gasteiger partial charge in [0.15, 0.2) is 0 Å². The number of fused-ring (bicyclic) bond motifs is 1. The molecule has 7 nitrogen and oxygen atoms in total. The van der Waals surface area contributed by atoms with E-state index in [1.54, 1.807) is 6.07 Å². The Hall–Kier alpha value is -3.63. The largest absolute Gasteiger partial charge is 0.478 e. The number of aromatic nitrogens is 2. The van der Waals surface area contributed by atoms with E-state index in [0.717, 1.165) is 24.8 Å². The Balaban J connectivity index is 2.01. The van der Waals surface area contributed by atoms with E-state index in [0.29, 0.717) is 23.6 Å². The van der Waals surface area contributed by atoms with Crippen LogP contribution in [0.4, 0.5) is 5.95 Å². The molecule has 0 spiro atoms. The number of benzene rings is 2. The number of para-hydroxylation sites is 1. The van der Waals surface area contributed by atoms with Gasteiger partial charge in [-0.1, -0.05) is 24.5 Å². The van der Waals surface area contributed by atoms with Gasteiger partial charge in [0.05, 0.1) is 22.2 Å². The summed E-state index contributed by atoms with van der Waals surface area (Å²) in [7, 11) is 0. The normalized spacial score (nSPS) is 11.8. The molecular formula is C23H24N4O3. The molecule has 0 fully saturated rings. The van der Waals surface area contributed by atoms with Crippen LogP contribution >= 0.6 is 0 Å². The highest BCUT2D eigenvalue weighted by Gasteiger charge is 2.20. The van der Waals surface area contributed by atoms with Crippen molar-refractivity contribution in [2.45, 2.75) is 32.2 Å². The zero-order valence-electron chi connectivity index (χ0n) is 16.8. The van der Waals surface area contributed by atoms with Gasteiger partial charge < -0.3 is 15.4 Å². The Morgan fingerprint density at radius 1 is 1.23 bits per heavy atom. The third kappa shape index (κ3) is 4.34. The molecule has 0 aliphatic heterocycles. The van der Waals surface area contributed by atoms with Crippen LogP contribution in [0.2, 0.25) is 0 Å². The number of nitrogens with two attached hydrogens (primary N) is 1. The molecule has 2 aromatic carbocycles. The van der Waals surface area contributed by atoms with Gasteiger partial charge in [0.1, 0.15) is 0 Å². The zero-order valence-corrected chi connectivity index (χ0v) is 16.8. The number of imidazole rings is 1. The molecule has 0 unspecified atom stereocenters. The predicted octanol–water partition coefficient (Wildman–Crippen LogP) is 3.66. The summed E-state index contributed by atoms with van der Waals surface area (Å²) in [5.74, 6) is 1.53. The lowest BCUT2D eigenvalue weighted by atomic mass is 10.1. The molecule has 0 bridgehead atoms. The van der Waals surface area contributed by atoms with Gasteiger partial charge >= 0.3 is 5.97 Å². The van der Waals surface area contributed by atoms with Crippen molar-refractivity contribution in [1.82, 2.24) is 9.55 Å². The van der Waals surface area contributed by atoms with Crippen LogP contribution < -0.4 is 11.1 Å². The quantitative estimate of drug-likeness (QED) is 0.392. The van der Waals surface area contributed by atoms with Gasteiger partial charge in [-0.05, 0) is 56.6 Å². The Kier molecular flexibility index (Phi) is 6.50. The van der Waals surface area contributed by atoms with E-state index >= 15 is 0 Å². The molecule has 3 rings (SSSR count). The number of carbonyl (C=O) groups excluding carboxylic acids is 1. The average Bonchev–Trinajstić information content (AvgIpc) is 3.11. The zero-order chi connectivity index (χ0) is 21.7. The lowest BCUT2D eigenvalue weighted by molar-refractivity contribution is 0.0697. The lowest BCUT2D eigenvalue weighted by Gasteiger charge is -2.18. The molecule has 1 heterocycles. The SMILES string of the molecule is C#Cc1cccc2nc(NC(=O)c3cccc(C(=O)O)c3)n([C@@H](C)CCCCN)c12. The van der Waals surface area contributed by atoms with E-state index in [4.69, 9.17) is 12.2 Å². The summed E-state index contributed by atoms with van der Waals surface area (Å²) in [6.45, 7) is 2.67. The van der Waals surface area contributed by atoms with Crippen LogP contribution in [-0.2, 0) is 0 Å². The summed E-state index contributed by atoms with van der Waals surface area (Å²) >= 11 is 0. The fraction of sp³-hybridized carbons (Fsp3) is 0.261. The molecule has 154 valence electrons. The van der Waals surface area contributed by atoms with E-state index < -0.39 is 11.9 Å². The fourth-order valence-electron chi connectivity index (χ4n) is 3.46. The number of amides is 1. The summed E-state index contributed by atoms with van der Waals surface area (Å²) in [5.41, 5.74) is 8.07. The maximum absolute atomic E-state index is 12.8. The van der Waals surface area contributed by atoms with Crippen molar-refractivity contribution in [2.24, 2.45) is 5.73 Å². The van der Waals surface area contributed by atoms with Crippen molar-refractivity contribution < 1.29 is 14.7 Å². The smallest absolute Gasteiger partial charge is 0.335 e. The number of nitrogens with zero attached hydrogens (tertiary/aromatic N) is 2. The monoisotopic (exact) mass is 404 g/mol. The van der Waals surface area contributed by atoms with Gasteiger partial charge in [-0.3, -0.25) is 10.1 Å². The first kappa shape index (κ1) is 21.1. The molecule has 0 saturated heterocycles. The maximum Gasteiger partial charge on any atom is 0.335 e.